The van der Waals surface area contributed by atoms with E-state index in [2.05, 4.69) is 24.0 Å². The van der Waals surface area contributed by atoms with Crippen LogP contribution >= 0.6 is 0 Å². The number of benzene rings is 1. The van der Waals surface area contributed by atoms with Crippen LogP contribution < -0.4 is 0 Å². The first kappa shape index (κ1) is 24.4. The monoisotopic (exact) mass is 517 g/mol. The fourth-order valence-corrected chi connectivity index (χ4v) is 4.25. The van der Waals surface area contributed by atoms with Crippen LogP contribution in [-0.4, -0.2) is 35.9 Å². The van der Waals surface area contributed by atoms with Gasteiger partial charge in [-0.25, -0.2) is 9.19 Å². The van der Waals surface area contributed by atoms with E-state index in [-0.39, 0.29) is 28.4 Å². The molecular formula is C20H13F6N5O3S. The van der Waals surface area contributed by atoms with Crippen molar-refractivity contribution in [1.82, 2.24) is 19.5 Å². The predicted octanol–water partition coefficient (Wildman–Crippen LogP) is 4.65. The maximum Gasteiger partial charge on any atom is 0.471 e. The molecule has 0 radical (unpaired) electrons. The van der Waals surface area contributed by atoms with E-state index in [9.17, 15) is 35.3 Å². The predicted molar refractivity (Wildman–Crippen MR) is 108 cm³/mol. The van der Waals surface area contributed by atoms with Gasteiger partial charge in [-0.3, -0.25) is 4.79 Å². The number of imidazole rings is 1. The number of halogens is 6. The largest absolute Gasteiger partial charge is 0.471 e. The lowest BCUT2D eigenvalue weighted by Gasteiger charge is -2.08. The maximum absolute atomic E-state index is 12.8. The number of aromatic nitrogens is 4. The Balaban J connectivity index is 1.54. The van der Waals surface area contributed by atoms with Crippen LogP contribution in [0.3, 0.4) is 0 Å². The summed E-state index contributed by atoms with van der Waals surface area (Å²) in [6.07, 6.45) is -5.81. The van der Waals surface area contributed by atoms with Crippen LogP contribution in [-0.2, 0) is 33.3 Å². The quantitative estimate of drug-likeness (QED) is 0.365. The first-order valence-corrected chi connectivity index (χ1v) is 11.5. The number of amides is 1. The van der Waals surface area contributed by atoms with Crippen molar-refractivity contribution in [2.24, 2.45) is 4.36 Å². The van der Waals surface area contributed by atoms with E-state index in [0.29, 0.717) is 5.65 Å². The lowest BCUT2D eigenvalue weighted by Crippen LogP contribution is -2.08. The van der Waals surface area contributed by atoms with Gasteiger partial charge in [0.15, 0.2) is 0 Å². The van der Waals surface area contributed by atoms with E-state index in [1.165, 1.54) is 28.9 Å². The third-order valence-corrected chi connectivity index (χ3v) is 6.35. The molecule has 0 aliphatic heterocycles. The molecule has 3 aromatic heterocycles. The van der Waals surface area contributed by atoms with E-state index in [1.54, 1.807) is 0 Å². The molecule has 1 atom stereocenters. The molecule has 1 aromatic carbocycles. The Hall–Kier alpha value is -3.75. The zero-order valence-electron chi connectivity index (χ0n) is 17.5. The number of alkyl halides is 6. The van der Waals surface area contributed by atoms with Gasteiger partial charge in [0.25, 0.3) is 5.91 Å². The number of rotatable bonds is 4. The van der Waals surface area contributed by atoms with Crippen LogP contribution in [0, 0.1) is 0 Å². The molecule has 35 heavy (non-hydrogen) atoms. The van der Waals surface area contributed by atoms with Crippen molar-refractivity contribution in [3.8, 4) is 11.4 Å². The van der Waals surface area contributed by atoms with Gasteiger partial charge in [0.05, 0.1) is 27.4 Å². The molecule has 3 heterocycles. The molecule has 4 rings (SSSR count). The van der Waals surface area contributed by atoms with E-state index >= 15 is 0 Å². The van der Waals surface area contributed by atoms with E-state index in [1.807, 2.05) is 0 Å². The number of carbonyl (C=O) groups excluding carboxylic acids is 1. The third kappa shape index (κ3) is 5.34. The minimum Gasteiger partial charge on any atom is -0.329 e. The average Bonchev–Trinajstić information content (AvgIpc) is 3.39. The molecule has 0 aliphatic rings. The zero-order chi connectivity index (χ0) is 25.6. The molecule has 1 amide bonds. The highest BCUT2D eigenvalue weighted by molar-refractivity contribution is 7.93. The second kappa shape index (κ2) is 8.48. The normalized spacial score (nSPS) is 14.1. The Morgan fingerprint density at radius 3 is 2.29 bits per heavy atom. The van der Waals surface area contributed by atoms with E-state index in [0.717, 1.165) is 30.5 Å². The van der Waals surface area contributed by atoms with Crippen molar-refractivity contribution < 1.29 is 39.9 Å². The van der Waals surface area contributed by atoms with Gasteiger partial charge in [0.2, 0.25) is 5.82 Å². The van der Waals surface area contributed by atoms with Crippen molar-refractivity contribution in [1.29, 1.82) is 0 Å². The fraction of sp³-hybridized carbons (Fsp3) is 0.200. The SMILES string of the molecule is CS(=O)(=NC(=O)Cc1cn2cc(-c3noc(C(F)(F)F)n3)ccc2n1)c1ccc(C(F)(F)F)cc1. The van der Waals surface area contributed by atoms with Gasteiger partial charge in [0, 0.05) is 29.1 Å². The van der Waals surface area contributed by atoms with Gasteiger partial charge in [0.1, 0.15) is 5.65 Å². The second-order valence-electron chi connectivity index (χ2n) is 7.32. The number of hydrogen-bond acceptors (Lipinski definition) is 6. The topological polar surface area (TPSA) is 103 Å². The van der Waals surface area contributed by atoms with Crippen molar-refractivity contribution in [3.05, 3.63) is 65.9 Å². The smallest absolute Gasteiger partial charge is 0.329 e. The first-order chi connectivity index (χ1) is 16.2. The molecule has 0 saturated carbocycles. The van der Waals surface area contributed by atoms with Gasteiger partial charge in [-0.1, -0.05) is 5.16 Å². The van der Waals surface area contributed by atoms with E-state index < -0.39 is 39.4 Å². The van der Waals surface area contributed by atoms with Crippen LogP contribution in [0.1, 0.15) is 17.1 Å². The number of carbonyl (C=O) groups is 1. The van der Waals surface area contributed by atoms with Crippen LogP contribution in [0.2, 0.25) is 0 Å². The van der Waals surface area contributed by atoms with Crippen molar-refractivity contribution >= 4 is 21.3 Å². The van der Waals surface area contributed by atoms with Crippen molar-refractivity contribution in [2.75, 3.05) is 6.26 Å². The number of fused-ring (bicyclic) bond motifs is 1. The molecule has 184 valence electrons. The Morgan fingerprint density at radius 1 is 1.00 bits per heavy atom. The number of hydrogen-bond donors (Lipinski definition) is 0. The summed E-state index contributed by atoms with van der Waals surface area (Å²) in [7, 11) is -3.32. The van der Waals surface area contributed by atoms with Gasteiger partial charge in [-0.2, -0.15) is 35.7 Å². The summed E-state index contributed by atoms with van der Waals surface area (Å²) in [5, 5.41) is 3.30. The standard InChI is InChI=1S/C20H13F6N5O3S/c1-35(33,14-5-3-12(4-6-14)19(21,22)23)30-16(32)8-13-10-31-9-11(2-7-15(31)27-13)17-28-18(34-29-17)20(24,25)26/h2-7,9-10H,8H2,1H3. The Kier molecular flexibility index (Phi) is 5.91. The van der Waals surface area contributed by atoms with Gasteiger partial charge >= 0.3 is 18.2 Å². The molecule has 4 aromatic rings. The molecule has 0 bridgehead atoms. The molecule has 0 saturated heterocycles. The summed E-state index contributed by atoms with van der Waals surface area (Å²) in [6, 6.07) is 6.36. The summed E-state index contributed by atoms with van der Waals surface area (Å²) < 4.78 is 98.2. The highest BCUT2D eigenvalue weighted by Crippen LogP contribution is 2.30. The Bertz CT molecular complexity index is 1530. The average molecular weight is 517 g/mol. The molecule has 1 unspecified atom stereocenters. The highest BCUT2D eigenvalue weighted by Gasteiger charge is 2.38. The molecule has 0 fully saturated rings. The summed E-state index contributed by atoms with van der Waals surface area (Å²) >= 11 is 0. The van der Waals surface area contributed by atoms with Gasteiger partial charge in [-0.05, 0) is 36.4 Å². The van der Waals surface area contributed by atoms with Gasteiger partial charge in [-0.15, -0.1) is 0 Å². The third-order valence-electron chi connectivity index (χ3n) is 4.66. The number of nitrogens with zero attached hydrogens (tertiary/aromatic N) is 5. The lowest BCUT2D eigenvalue weighted by atomic mass is 10.2. The van der Waals surface area contributed by atoms with Crippen LogP contribution in [0.25, 0.3) is 17.0 Å². The summed E-state index contributed by atoms with van der Waals surface area (Å²) in [6.45, 7) is 0. The Labute approximate surface area is 192 Å². The highest BCUT2D eigenvalue weighted by atomic mass is 32.2. The molecular weight excluding hydrogens is 504 g/mol. The number of pyridine rings is 1. The fourth-order valence-electron chi connectivity index (χ4n) is 3.05. The van der Waals surface area contributed by atoms with Crippen LogP contribution in [0.4, 0.5) is 26.3 Å². The summed E-state index contributed by atoms with van der Waals surface area (Å²) in [5.74, 6) is -2.63. The van der Waals surface area contributed by atoms with Crippen LogP contribution in [0.5, 0.6) is 0 Å². The zero-order valence-corrected chi connectivity index (χ0v) is 18.3. The minimum absolute atomic E-state index is 0.0446. The molecule has 8 nitrogen and oxygen atoms in total. The first-order valence-electron chi connectivity index (χ1n) is 9.53. The molecule has 0 spiro atoms. The van der Waals surface area contributed by atoms with Crippen molar-refractivity contribution in [2.45, 2.75) is 23.7 Å². The summed E-state index contributed by atoms with van der Waals surface area (Å²) in [5.41, 5.74) is -0.184. The molecule has 15 heteroatoms. The lowest BCUT2D eigenvalue weighted by molar-refractivity contribution is -0.159. The molecule has 0 aliphatic carbocycles. The van der Waals surface area contributed by atoms with Gasteiger partial charge < -0.3 is 8.92 Å². The van der Waals surface area contributed by atoms with Crippen molar-refractivity contribution in [3.63, 3.8) is 0 Å². The van der Waals surface area contributed by atoms with E-state index in [4.69, 9.17) is 0 Å². The Morgan fingerprint density at radius 2 is 1.69 bits per heavy atom. The minimum atomic E-state index is -4.79. The maximum atomic E-state index is 12.8. The second-order valence-corrected chi connectivity index (χ2v) is 9.58. The van der Waals surface area contributed by atoms with Crippen LogP contribution in [0.15, 0.2) is 62.6 Å². The summed E-state index contributed by atoms with van der Waals surface area (Å²) in [4.78, 5) is 19.8. The molecule has 0 N–H and O–H groups in total.